The van der Waals surface area contributed by atoms with E-state index in [4.69, 9.17) is 0 Å². The lowest BCUT2D eigenvalue weighted by Gasteiger charge is -2.35. The molecule has 1 aliphatic heterocycles. The van der Waals surface area contributed by atoms with Crippen LogP contribution in [0.5, 0.6) is 5.75 Å². The van der Waals surface area contributed by atoms with Crippen LogP contribution in [-0.4, -0.2) is 54.2 Å². The van der Waals surface area contributed by atoms with Gasteiger partial charge in [-0.1, -0.05) is 18.2 Å². The van der Waals surface area contributed by atoms with Gasteiger partial charge in [0, 0.05) is 44.9 Å². The molecule has 0 saturated carbocycles. The van der Waals surface area contributed by atoms with Crippen molar-refractivity contribution in [3.8, 4) is 5.75 Å². The summed E-state index contributed by atoms with van der Waals surface area (Å²) in [5.41, 5.74) is 2.18. The summed E-state index contributed by atoms with van der Waals surface area (Å²) in [6, 6.07) is 12.1. The van der Waals surface area contributed by atoms with E-state index in [1.807, 2.05) is 17.0 Å². The summed E-state index contributed by atoms with van der Waals surface area (Å²) in [7, 11) is 1.28. The van der Waals surface area contributed by atoms with E-state index in [0.717, 1.165) is 25.2 Å². The summed E-state index contributed by atoms with van der Waals surface area (Å²) < 4.78 is 4.54. The summed E-state index contributed by atoms with van der Waals surface area (Å²) in [6.07, 6.45) is 2.73. The van der Waals surface area contributed by atoms with Crippen molar-refractivity contribution in [2.24, 2.45) is 0 Å². The van der Waals surface area contributed by atoms with Crippen molar-refractivity contribution in [1.82, 2.24) is 4.90 Å². The fraction of sp³-hybridized carbons (Fsp3) is 0.286. The van der Waals surface area contributed by atoms with Crippen LogP contribution in [0.3, 0.4) is 0 Å². The Hall–Kier alpha value is -3.39. The normalized spacial score (nSPS) is 14.9. The van der Waals surface area contributed by atoms with E-state index in [1.54, 1.807) is 24.3 Å². The van der Waals surface area contributed by atoms with Gasteiger partial charge in [0.2, 0.25) is 0 Å². The Morgan fingerprint density at radius 1 is 1.21 bits per heavy atom. The number of hydrogen-bond donors (Lipinski definition) is 1. The van der Waals surface area contributed by atoms with Crippen LogP contribution in [0.25, 0.3) is 6.08 Å². The van der Waals surface area contributed by atoms with Gasteiger partial charge in [-0.25, -0.2) is 4.79 Å². The third-order valence-electron chi connectivity index (χ3n) is 4.84. The summed E-state index contributed by atoms with van der Waals surface area (Å²) in [5, 5.41) is 21.2. The van der Waals surface area contributed by atoms with Gasteiger partial charge < -0.3 is 14.7 Å². The average Bonchev–Trinajstić information content (AvgIpc) is 2.72. The number of nitrogens with zero attached hydrogens (tertiary/aromatic N) is 3. The molecule has 3 rings (SSSR count). The number of anilines is 1. The van der Waals surface area contributed by atoms with Gasteiger partial charge in [-0.3, -0.25) is 15.0 Å². The molecule has 0 unspecified atom stereocenters. The quantitative estimate of drug-likeness (QED) is 0.346. The molecule has 0 radical (unpaired) electrons. The molecule has 1 heterocycles. The first kappa shape index (κ1) is 20.3. The molecule has 29 heavy (non-hydrogen) atoms. The van der Waals surface area contributed by atoms with E-state index in [1.165, 1.54) is 25.3 Å². The number of esters is 1. The van der Waals surface area contributed by atoms with Gasteiger partial charge in [0.1, 0.15) is 11.4 Å². The number of phenols is 1. The number of nitro groups is 1. The number of carbonyl (C=O) groups excluding carboxylic acids is 1. The third kappa shape index (κ3) is 5.32. The highest BCUT2D eigenvalue weighted by atomic mass is 16.6. The number of ether oxygens (including phenoxy) is 1. The number of methoxy groups -OCH3 is 1. The van der Waals surface area contributed by atoms with Crippen LogP contribution in [0, 0.1) is 10.1 Å². The van der Waals surface area contributed by atoms with Gasteiger partial charge in [0.15, 0.2) is 0 Å². The van der Waals surface area contributed by atoms with Crippen molar-refractivity contribution in [2.75, 3.05) is 38.2 Å². The first-order valence-corrected chi connectivity index (χ1v) is 9.26. The van der Waals surface area contributed by atoms with Crippen LogP contribution in [0.4, 0.5) is 11.4 Å². The van der Waals surface area contributed by atoms with Gasteiger partial charge in [0.05, 0.1) is 12.0 Å². The fourth-order valence-corrected chi connectivity index (χ4v) is 3.35. The Kier molecular flexibility index (Phi) is 6.46. The second-order valence-corrected chi connectivity index (χ2v) is 6.79. The van der Waals surface area contributed by atoms with Gasteiger partial charge in [0.25, 0.3) is 5.69 Å². The Labute approximate surface area is 168 Å². The predicted octanol–water partition coefficient (Wildman–Crippen LogP) is 2.81. The van der Waals surface area contributed by atoms with Crippen LogP contribution in [0.15, 0.2) is 48.5 Å². The van der Waals surface area contributed by atoms with Crippen molar-refractivity contribution >= 4 is 23.4 Å². The average molecular weight is 397 g/mol. The molecule has 1 saturated heterocycles. The van der Waals surface area contributed by atoms with Crippen LogP contribution >= 0.6 is 0 Å². The fourth-order valence-electron chi connectivity index (χ4n) is 3.35. The lowest BCUT2D eigenvalue weighted by Crippen LogP contribution is -2.46. The highest BCUT2D eigenvalue weighted by Crippen LogP contribution is 2.30. The topological polar surface area (TPSA) is 96.2 Å². The summed E-state index contributed by atoms with van der Waals surface area (Å²) in [4.78, 5) is 26.7. The molecular weight excluding hydrogens is 374 g/mol. The van der Waals surface area contributed by atoms with Crippen LogP contribution in [0.2, 0.25) is 0 Å². The molecule has 8 heteroatoms. The van der Waals surface area contributed by atoms with Gasteiger partial charge in [-0.15, -0.1) is 0 Å². The van der Waals surface area contributed by atoms with Crippen molar-refractivity contribution in [2.45, 2.75) is 6.54 Å². The van der Waals surface area contributed by atoms with Crippen LogP contribution < -0.4 is 4.90 Å². The molecule has 1 aliphatic rings. The molecule has 1 N–H and O–H groups in total. The lowest BCUT2D eigenvalue weighted by atomic mass is 10.1. The first-order chi connectivity index (χ1) is 14.0. The molecule has 8 nitrogen and oxygen atoms in total. The monoisotopic (exact) mass is 397 g/mol. The van der Waals surface area contributed by atoms with Gasteiger partial charge in [-0.05, 0) is 35.4 Å². The minimum atomic E-state index is -0.514. The van der Waals surface area contributed by atoms with E-state index in [0.29, 0.717) is 24.3 Å². The molecule has 0 aliphatic carbocycles. The second-order valence-electron chi connectivity index (χ2n) is 6.79. The predicted molar refractivity (Wildman–Crippen MR) is 110 cm³/mol. The number of nitro benzene ring substituents is 1. The Morgan fingerprint density at radius 3 is 2.62 bits per heavy atom. The van der Waals surface area contributed by atoms with Crippen LogP contribution in [0.1, 0.15) is 11.1 Å². The molecule has 0 atom stereocenters. The van der Waals surface area contributed by atoms with Crippen molar-refractivity contribution in [1.29, 1.82) is 0 Å². The smallest absolute Gasteiger partial charge is 0.330 e. The van der Waals surface area contributed by atoms with E-state index in [9.17, 15) is 20.0 Å². The molecule has 2 aromatic rings. The zero-order valence-electron chi connectivity index (χ0n) is 16.2. The molecule has 152 valence electrons. The number of carbonyl (C=O) groups is 1. The molecule has 2 aromatic carbocycles. The molecule has 0 spiro atoms. The lowest BCUT2D eigenvalue weighted by molar-refractivity contribution is -0.384. The minimum Gasteiger partial charge on any atom is -0.508 e. The Balaban J connectivity index is 1.68. The Morgan fingerprint density at radius 2 is 1.97 bits per heavy atom. The van der Waals surface area contributed by atoms with E-state index >= 15 is 0 Å². The molecule has 0 aromatic heterocycles. The highest BCUT2D eigenvalue weighted by molar-refractivity contribution is 5.87. The number of rotatable bonds is 6. The summed E-state index contributed by atoms with van der Waals surface area (Å²) in [6.45, 7) is 3.57. The Bertz CT molecular complexity index is 920. The van der Waals surface area contributed by atoms with Gasteiger partial charge in [-0.2, -0.15) is 0 Å². The standard InChI is InChI=1S/C21H23N3O5/c1-29-21(26)8-6-16-5-7-19(20(14-16)24(27)28)23-11-9-22(10-12-23)15-17-3-2-4-18(25)13-17/h2-8,13-14,25H,9-12,15H2,1H3/b8-6+. The van der Waals surface area contributed by atoms with Gasteiger partial charge >= 0.3 is 5.97 Å². The van der Waals surface area contributed by atoms with E-state index in [-0.39, 0.29) is 11.4 Å². The summed E-state index contributed by atoms with van der Waals surface area (Å²) in [5.74, 6) is -0.266. The molecule has 0 amide bonds. The minimum absolute atomic E-state index is 0.0125. The first-order valence-electron chi connectivity index (χ1n) is 9.26. The maximum absolute atomic E-state index is 11.6. The zero-order chi connectivity index (χ0) is 20.8. The number of benzene rings is 2. The van der Waals surface area contributed by atoms with Crippen molar-refractivity contribution < 1.29 is 19.6 Å². The van der Waals surface area contributed by atoms with E-state index in [2.05, 4.69) is 9.64 Å². The maximum Gasteiger partial charge on any atom is 0.330 e. The zero-order valence-corrected chi connectivity index (χ0v) is 16.2. The maximum atomic E-state index is 11.6. The SMILES string of the molecule is COC(=O)/C=C/c1ccc(N2CCN(Cc3cccc(O)c3)CC2)c([N+](=O)[O-])c1. The third-order valence-corrected chi connectivity index (χ3v) is 4.84. The number of phenolic OH excluding ortho intramolecular Hbond substituents is 1. The molecule has 1 fully saturated rings. The largest absolute Gasteiger partial charge is 0.508 e. The van der Waals surface area contributed by atoms with E-state index < -0.39 is 10.9 Å². The molecule has 0 bridgehead atoms. The number of piperazine rings is 1. The molecular formula is C21H23N3O5. The highest BCUT2D eigenvalue weighted by Gasteiger charge is 2.24. The van der Waals surface area contributed by atoms with Crippen molar-refractivity contribution in [3.63, 3.8) is 0 Å². The number of aromatic hydroxyl groups is 1. The van der Waals surface area contributed by atoms with Crippen LogP contribution in [-0.2, 0) is 16.1 Å². The number of hydrogen-bond acceptors (Lipinski definition) is 7. The van der Waals surface area contributed by atoms with Crippen molar-refractivity contribution in [3.05, 3.63) is 69.8 Å². The second kappa shape index (κ2) is 9.20. The summed E-state index contributed by atoms with van der Waals surface area (Å²) >= 11 is 0.